The van der Waals surface area contributed by atoms with Crippen LogP contribution in [0.4, 0.5) is 0 Å². The van der Waals surface area contributed by atoms with Gasteiger partial charge in [-0.25, -0.2) is 0 Å². The van der Waals surface area contributed by atoms with Gasteiger partial charge in [-0.3, -0.25) is 4.18 Å². The third kappa shape index (κ3) is 4.55. The Morgan fingerprint density at radius 3 is 2.48 bits per heavy atom. The molecule has 2 rings (SSSR count). The van der Waals surface area contributed by atoms with E-state index in [2.05, 4.69) is 31.2 Å². The number of hydrogen-bond donors (Lipinski definition) is 0. The maximum Gasteiger partial charge on any atom is 0.267 e. The van der Waals surface area contributed by atoms with Crippen molar-refractivity contribution in [2.75, 3.05) is 12.9 Å². The molecule has 0 unspecified atom stereocenters. The van der Waals surface area contributed by atoms with Crippen molar-refractivity contribution in [1.82, 2.24) is 0 Å². The van der Waals surface area contributed by atoms with Crippen LogP contribution in [0.15, 0.2) is 24.3 Å². The molecule has 1 aromatic carbocycles. The van der Waals surface area contributed by atoms with Gasteiger partial charge < -0.3 is 4.74 Å². The van der Waals surface area contributed by atoms with Crippen molar-refractivity contribution >= 4 is 10.1 Å². The molecule has 0 N–H and O–H groups in total. The van der Waals surface area contributed by atoms with E-state index in [4.69, 9.17) is 8.92 Å². The number of ether oxygens (including phenoxy) is 1. The lowest BCUT2D eigenvalue weighted by molar-refractivity contribution is -0.0642. The van der Waals surface area contributed by atoms with E-state index in [0.29, 0.717) is 12.8 Å². The summed E-state index contributed by atoms with van der Waals surface area (Å²) in [6.07, 6.45) is 4.92. The fourth-order valence-electron chi connectivity index (χ4n) is 3.34. The van der Waals surface area contributed by atoms with Crippen LogP contribution in [0.2, 0.25) is 0 Å². The molecule has 0 radical (unpaired) electrons. The van der Waals surface area contributed by atoms with E-state index in [1.54, 1.807) is 14.0 Å². The maximum atomic E-state index is 11.6. The van der Waals surface area contributed by atoms with Gasteiger partial charge in [-0.05, 0) is 50.2 Å². The standard InChI is InChI=1S/C18H28O4S/c1-4-7-15-8-6-9-16(14-15)18(21-3)12-10-17(11-13-18)22-23(19,20)5-2/h6,8-9,14,17H,4-5,7,10-13H2,1-3H3. The number of benzene rings is 1. The Morgan fingerprint density at radius 2 is 1.91 bits per heavy atom. The fraction of sp³-hybridized carbons (Fsp3) is 0.667. The lowest BCUT2D eigenvalue weighted by Gasteiger charge is -2.39. The van der Waals surface area contributed by atoms with Crippen molar-refractivity contribution in [3.63, 3.8) is 0 Å². The molecular weight excluding hydrogens is 312 g/mol. The zero-order chi connectivity index (χ0) is 16.9. The Morgan fingerprint density at radius 1 is 1.22 bits per heavy atom. The highest BCUT2D eigenvalue weighted by Crippen LogP contribution is 2.41. The van der Waals surface area contributed by atoms with Crippen LogP contribution < -0.4 is 0 Å². The van der Waals surface area contributed by atoms with Crippen molar-refractivity contribution < 1.29 is 17.3 Å². The zero-order valence-corrected chi connectivity index (χ0v) is 15.2. The number of aryl methyl sites for hydroxylation is 1. The second-order valence-electron chi connectivity index (χ2n) is 6.29. The Kier molecular flexibility index (Phi) is 6.23. The monoisotopic (exact) mass is 340 g/mol. The van der Waals surface area contributed by atoms with E-state index in [0.717, 1.165) is 25.7 Å². The van der Waals surface area contributed by atoms with Crippen LogP contribution >= 0.6 is 0 Å². The van der Waals surface area contributed by atoms with Crippen LogP contribution in [0.5, 0.6) is 0 Å². The van der Waals surface area contributed by atoms with E-state index < -0.39 is 10.1 Å². The minimum Gasteiger partial charge on any atom is -0.374 e. The molecule has 0 saturated heterocycles. The molecule has 0 aromatic heterocycles. The lowest BCUT2D eigenvalue weighted by Crippen LogP contribution is -2.37. The summed E-state index contributed by atoms with van der Waals surface area (Å²) in [4.78, 5) is 0. The van der Waals surface area contributed by atoms with Gasteiger partial charge in [0.2, 0.25) is 0 Å². The normalized spacial score (nSPS) is 25.4. The second-order valence-corrected chi connectivity index (χ2v) is 8.18. The van der Waals surface area contributed by atoms with Crippen LogP contribution in [-0.2, 0) is 31.1 Å². The molecule has 0 aliphatic heterocycles. The van der Waals surface area contributed by atoms with Gasteiger partial charge in [-0.1, -0.05) is 37.6 Å². The first-order chi connectivity index (χ1) is 10.9. The van der Waals surface area contributed by atoms with E-state index >= 15 is 0 Å². The smallest absolute Gasteiger partial charge is 0.267 e. The van der Waals surface area contributed by atoms with Crippen LogP contribution in [0, 0.1) is 0 Å². The fourth-order valence-corrected chi connectivity index (χ4v) is 4.08. The summed E-state index contributed by atoms with van der Waals surface area (Å²) in [6, 6.07) is 8.59. The predicted octanol–water partition coefficient (Wildman–Crippen LogP) is 3.79. The van der Waals surface area contributed by atoms with Gasteiger partial charge >= 0.3 is 0 Å². The summed E-state index contributed by atoms with van der Waals surface area (Å²) in [6.45, 7) is 3.78. The summed E-state index contributed by atoms with van der Waals surface area (Å²) >= 11 is 0. The van der Waals surface area contributed by atoms with Gasteiger partial charge in [0.25, 0.3) is 10.1 Å². The molecule has 1 fully saturated rings. The van der Waals surface area contributed by atoms with Gasteiger partial charge in [-0.15, -0.1) is 0 Å². The van der Waals surface area contributed by atoms with Gasteiger partial charge in [0.05, 0.1) is 17.5 Å². The molecular formula is C18H28O4S. The predicted molar refractivity (Wildman–Crippen MR) is 91.9 cm³/mol. The maximum absolute atomic E-state index is 11.6. The highest BCUT2D eigenvalue weighted by Gasteiger charge is 2.38. The number of rotatable bonds is 7. The molecule has 0 amide bonds. The van der Waals surface area contributed by atoms with Crippen LogP contribution in [0.25, 0.3) is 0 Å². The minimum absolute atomic E-state index is 0.0258. The average molecular weight is 340 g/mol. The Labute approximate surface area is 140 Å². The quantitative estimate of drug-likeness (QED) is 0.709. The molecule has 5 heteroatoms. The van der Waals surface area contributed by atoms with Gasteiger partial charge in [0.1, 0.15) is 0 Å². The van der Waals surface area contributed by atoms with Gasteiger partial charge in [0, 0.05) is 7.11 Å². The molecule has 4 nitrogen and oxygen atoms in total. The van der Waals surface area contributed by atoms with Crippen molar-refractivity contribution in [2.24, 2.45) is 0 Å². The van der Waals surface area contributed by atoms with Crippen LogP contribution in [0.3, 0.4) is 0 Å². The summed E-state index contributed by atoms with van der Waals surface area (Å²) in [7, 11) is -1.64. The minimum atomic E-state index is -3.38. The molecule has 0 spiro atoms. The number of hydrogen-bond acceptors (Lipinski definition) is 4. The largest absolute Gasteiger partial charge is 0.374 e. The Bertz CT molecular complexity index is 601. The van der Waals surface area contributed by atoms with Crippen molar-refractivity contribution in [3.8, 4) is 0 Å². The van der Waals surface area contributed by atoms with Crippen LogP contribution in [0.1, 0.15) is 57.1 Å². The first-order valence-corrected chi connectivity index (χ1v) is 10.1. The summed E-state index contributed by atoms with van der Waals surface area (Å²) < 4.78 is 34.4. The highest BCUT2D eigenvalue weighted by molar-refractivity contribution is 7.86. The first-order valence-electron chi connectivity index (χ1n) is 8.50. The SMILES string of the molecule is CCCc1cccc(C2(OC)CCC(OS(=O)(=O)CC)CC2)c1. The third-order valence-electron chi connectivity index (χ3n) is 4.76. The molecule has 0 atom stereocenters. The van der Waals surface area contributed by atoms with Gasteiger partial charge in [0.15, 0.2) is 0 Å². The summed E-state index contributed by atoms with van der Waals surface area (Å²) in [5.41, 5.74) is 2.20. The molecule has 23 heavy (non-hydrogen) atoms. The zero-order valence-electron chi connectivity index (χ0n) is 14.4. The second kappa shape index (κ2) is 7.77. The summed E-state index contributed by atoms with van der Waals surface area (Å²) in [5, 5.41) is 0. The molecule has 1 aliphatic carbocycles. The molecule has 0 heterocycles. The number of methoxy groups -OCH3 is 1. The molecule has 1 aliphatic rings. The van der Waals surface area contributed by atoms with Crippen molar-refractivity contribution in [1.29, 1.82) is 0 Å². The third-order valence-corrected chi connectivity index (χ3v) is 6.03. The summed E-state index contributed by atoms with van der Waals surface area (Å²) in [5.74, 6) is 0.0258. The van der Waals surface area contributed by atoms with E-state index in [9.17, 15) is 8.42 Å². The highest BCUT2D eigenvalue weighted by atomic mass is 32.2. The average Bonchev–Trinajstić information content (AvgIpc) is 2.56. The van der Waals surface area contributed by atoms with Crippen molar-refractivity contribution in [3.05, 3.63) is 35.4 Å². The van der Waals surface area contributed by atoms with Gasteiger partial charge in [-0.2, -0.15) is 8.42 Å². The first kappa shape index (κ1) is 18.4. The van der Waals surface area contributed by atoms with Crippen molar-refractivity contribution in [2.45, 2.75) is 64.1 Å². The van der Waals surface area contributed by atoms with E-state index in [1.165, 1.54) is 11.1 Å². The van der Waals surface area contributed by atoms with E-state index in [-0.39, 0.29) is 17.5 Å². The topological polar surface area (TPSA) is 52.6 Å². The molecule has 0 bridgehead atoms. The van der Waals surface area contributed by atoms with E-state index in [1.807, 2.05) is 0 Å². The molecule has 130 valence electrons. The Balaban J connectivity index is 2.11. The van der Waals surface area contributed by atoms with Crippen LogP contribution in [-0.4, -0.2) is 27.4 Å². The molecule has 1 aromatic rings. The lowest BCUT2D eigenvalue weighted by atomic mass is 9.78. The Hall–Kier alpha value is -0.910. The molecule has 1 saturated carbocycles.